The number of ether oxygens (including phenoxy) is 1. The summed E-state index contributed by atoms with van der Waals surface area (Å²) in [5, 5.41) is 22.2. The van der Waals surface area contributed by atoms with Crippen LogP contribution in [0.15, 0.2) is 67.3 Å². The number of amides is 1. The normalized spacial score (nSPS) is 27.4. The molecule has 1 heterocycles. The molecule has 2 aromatic carbocycles. The average molecular weight is 451 g/mol. The molecule has 6 heteroatoms. The first kappa shape index (κ1) is 23.3. The van der Waals surface area contributed by atoms with Crippen LogP contribution in [0.2, 0.25) is 0 Å². The fourth-order valence-electron chi connectivity index (χ4n) is 5.68. The highest BCUT2D eigenvalue weighted by Gasteiger charge is 2.58. The second-order valence-corrected chi connectivity index (χ2v) is 9.49. The van der Waals surface area contributed by atoms with Gasteiger partial charge in [0.1, 0.15) is 12.4 Å². The molecule has 1 amide bonds. The first-order valence-corrected chi connectivity index (χ1v) is 11.7. The fraction of sp³-hybridized carbons (Fsp3) is 0.444. The molecule has 0 spiro atoms. The van der Waals surface area contributed by atoms with Gasteiger partial charge in [-0.3, -0.25) is 4.90 Å². The van der Waals surface area contributed by atoms with Gasteiger partial charge >= 0.3 is 6.09 Å². The van der Waals surface area contributed by atoms with E-state index in [1.165, 1.54) is 0 Å². The Morgan fingerprint density at radius 1 is 1.24 bits per heavy atom. The monoisotopic (exact) mass is 450 g/mol. The molecule has 1 aliphatic carbocycles. The zero-order valence-electron chi connectivity index (χ0n) is 19.3. The highest BCUT2D eigenvalue weighted by molar-refractivity contribution is 5.67. The van der Waals surface area contributed by atoms with Gasteiger partial charge in [-0.15, -0.1) is 6.58 Å². The quantitative estimate of drug-likeness (QED) is 0.649. The van der Waals surface area contributed by atoms with E-state index in [1.807, 2.05) is 48.5 Å². The summed E-state index contributed by atoms with van der Waals surface area (Å²) in [4.78, 5) is 16.8. The Kier molecular flexibility index (Phi) is 6.77. The van der Waals surface area contributed by atoms with Crippen LogP contribution in [0.1, 0.15) is 36.8 Å². The lowest BCUT2D eigenvalue weighted by atomic mass is 9.55. The lowest BCUT2D eigenvalue weighted by molar-refractivity contribution is -0.130. The van der Waals surface area contributed by atoms with Crippen LogP contribution < -0.4 is 0 Å². The zero-order chi connectivity index (χ0) is 23.5. The van der Waals surface area contributed by atoms with Crippen molar-refractivity contribution in [3.63, 3.8) is 0 Å². The van der Waals surface area contributed by atoms with Gasteiger partial charge in [-0.05, 0) is 55.5 Å². The number of aliphatic hydroxyl groups is 1. The summed E-state index contributed by atoms with van der Waals surface area (Å²) >= 11 is 0. The van der Waals surface area contributed by atoms with Gasteiger partial charge in [0.05, 0.1) is 5.60 Å². The summed E-state index contributed by atoms with van der Waals surface area (Å²) in [5.74, 6) is 0.190. The van der Waals surface area contributed by atoms with Crippen LogP contribution in [-0.4, -0.2) is 64.4 Å². The number of nitrogens with zero attached hydrogens (tertiary/aromatic N) is 2. The molecule has 2 aromatic rings. The van der Waals surface area contributed by atoms with E-state index < -0.39 is 11.0 Å². The number of hydrogen-bond donors (Lipinski definition) is 2. The van der Waals surface area contributed by atoms with E-state index in [0.717, 1.165) is 30.6 Å². The van der Waals surface area contributed by atoms with Crippen LogP contribution in [0.25, 0.3) is 0 Å². The third kappa shape index (κ3) is 4.63. The van der Waals surface area contributed by atoms with Gasteiger partial charge in [-0.25, -0.2) is 4.79 Å². The van der Waals surface area contributed by atoms with Gasteiger partial charge in [-0.2, -0.15) is 0 Å². The Hall–Kier alpha value is -2.83. The molecule has 1 aliphatic heterocycles. The highest BCUT2D eigenvalue weighted by atomic mass is 16.6. The van der Waals surface area contributed by atoms with Crippen LogP contribution in [0.5, 0.6) is 5.75 Å². The summed E-state index contributed by atoms with van der Waals surface area (Å²) in [5.41, 5.74) is 0.371. The third-order valence-electron chi connectivity index (χ3n) is 7.53. The standard InChI is InChI=1S/C27H34N2O4/c1-3-15-29-16-14-26(22-10-7-11-24(30)17-22)18-23(12-13-27(26,32)20-29)28(2)25(31)33-19-21-8-5-4-6-9-21/h3-11,17,23,30,32H,1,12-16,18-20H2,2H3. The van der Waals surface area contributed by atoms with Gasteiger partial charge in [0.15, 0.2) is 0 Å². The number of likely N-dealkylation sites (tertiary alicyclic amines) is 1. The number of benzene rings is 2. The number of rotatable bonds is 6. The van der Waals surface area contributed by atoms with E-state index in [4.69, 9.17) is 4.74 Å². The third-order valence-corrected chi connectivity index (χ3v) is 7.53. The molecule has 3 unspecified atom stereocenters. The van der Waals surface area contributed by atoms with Crippen molar-refractivity contribution in [2.24, 2.45) is 0 Å². The molecule has 1 saturated carbocycles. The number of phenols is 1. The van der Waals surface area contributed by atoms with Gasteiger partial charge in [-0.1, -0.05) is 48.5 Å². The predicted octanol–water partition coefficient (Wildman–Crippen LogP) is 4.07. The zero-order valence-corrected chi connectivity index (χ0v) is 19.3. The molecule has 0 radical (unpaired) electrons. The number of β-amino-alcohol motifs (C(OH)–C–C–N with tert-alkyl or cyclic N) is 1. The summed E-state index contributed by atoms with van der Waals surface area (Å²) < 4.78 is 5.58. The molecule has 2 fully saturated rings. The first-order chi connectivity index (χ1) is 15.9. The summed E-state index contributed by atoms with van der Waals surface area (Å²) in [7, 11) is 1.78. The van der Waals surface area contributed by atoms with Gasteiger partial charge in [0, 0.05) is 31.6 Å². The second-order valence-electron chi connectivity index (χ2n) is 9.49. The van der Waals surface area contributed by atoms with Crippen LogP contribution in [0.4, 0.5) is 4.79 Å². The molecule has 6 nitrogen and oxygen atoms in total. The number of piperidine rings is 1. The van der Waals surface area contributed by atoms with Crippen LogP contribution >= 0.6 is 0 Å². The molecule has 33 heavy (non-hydrogen) atoms. The Balaban J connectivity index is 1.56. The maximum absolute atomic E-state index is 12.9. The Morgan fingerprint density at radius 3 is 2.76 bits per heavy atom. The molecule has 0 aromatic heterocycles. The maximum atomic E-state index is 12.9. The minimum absolute atomic E-state index is 0.0677. The fourth-order valence-corrected chi connectivity index (χ4v) is 5.68. The number of phenolic OH excluding ortho intramolecular Hbond substituents is 1. The Bertz CT molecular complexity index is 981. The van der Waals surface area contributed by atoms with E-state index in [9.17, 15) is 15.0 Å². The van der Waals surface area contributed by atoms with Crippen molar-refractivity contribution in [2.45, 2.75) is 49.3 Å². The number of carbonyl (C=O) groups excluding carboxylic acids is 1. The van der Waals surface area contributed by atoms with Crippen molar-refractivity contribution in [1.29, 1.82) is 0 Å². The van der Waals surface area contributed by atoms with Crippen LogP contribution in [0, 0.1) is 0 Å². The topological polar surface area (TPSA) is 73.2 Å². The maximum Gasteiger partial charge on any atom is 0.410 e. The highest BCUT2D eigenvalue weighted by Crippen LogP contribution is 2.52. The molecule has 176 valence electrons. The summed E-state index contributed by atoms with van der Waals surface area (Å²) in [6, 6.07) is 16.8. The van der Waals surface area contributed by atoms with Crippen molar-refractivity contribution in [1.82, 2.24) is 9.80 Å². The van der Waals surface area contributed by atoms with E-state index >= 15 is 0 Å². The van der Waals surface area contributed by atoms with Gasteiger partial charge < -0.3 is 19.8 Å². The van der Waals surface area contributed by atoms with Crippen LogP contribution in [-0.2, 0) is 16.8 Å². The Labute approximate surface area is 196 Å². The molecule has 2 N–H and O–H groups in total. The lowest BCUT2D eigenvalue weighted by Gasteiger charge is -2.58. The molecule has 3 atom stereocenters. The molecule has 1 saturated heterocycles. The number of hydrogen-bond acceptors (Lipinski definition) is 5. The van der Waals surface area contributed by atoms with Crippen molar-refractivity contribution < 1.29 is 19.7 Å². The van der Waals surface area contributed by atoms with E-state index in [0.29, 0.717) is 25.8 Å². The number of aromatic hydroxyl groups is 1. The van der Waals surface area contributed by atoms with E-state index in [1.54, 1.807) is 24.1 Å². The SMILES string of the molecule is C=CCN1CCC2(c3cccc(O)c3)CC(N(C)C(=O)OCc3ccccc3)CCC2(O)C1. The molecule has 2 aliphatic rings. The second kappa shape index (κ2) is 9.57. The number of fused-ring (bicyclic) bond motifs is 1. The number of carbonyl (C=O) groups is 1. The molecule has 0 bridgehead atoms. The first-order valence-electron chi connectivity index (χ1n) is 11.7. The van der Waals surface area contributed by atoms with Crippen molar-refractivity contribution in [2.75, 3.05) is 26.7 Å². The minimum atomic E-state index is -0.951. The van der Waals surface area contributed by atoms with Crippen LogP contribution in [0.3, 0.4) is 0 Å². The summed E-state index contributed by atoms with van der Waals surface area (Å²) in [6.07, 6.45) is 4.13. The summed E-state index contributed by atoms with van der Waals surface area (Å²) in [6.45, 7) is 6.17. The largest absolute Gasteiger partial charge is 0.508 e. The van der Waals surface area contributed by atoms with Crippen molar-refractivity contribution >= 4 is 6.09 Å². The van der Waals surface area contributed by atoms with Gasteiger partial charge in [0.25, 0.3) is 0 Å². The van der Waals surface area contributed by atoms with Crippen molar-refractivity contribution in [3.05, 3.63) is 78.4 Å². The van der Waals surface area contributed by atoms with E-state index in [-0.39, 0.29) is 24.5 Å². The van der Waals surface area contributed by atoms with E-state index in [2.05, 4.69) is 11.5 Å². The molecular weight excluding hydrogens is 416 g/mol. The van der Waals surface area contributed by atoms with Gasteiger partial charge in [0.2, 0.25) is 0 Å². The molecular formula is C27H34N2O4. The smallest absolute Gasteiger partial charge is 0.410 e. The molecule has 4 rings (SSSR count). The Morgan fingerprint density at radius 2 is 2.03 bits per heavy atom. The van der Waals surface area contributed by atoms with Crippen molar-refractivity contribution in [3.8, 4) is 5.75 Å². The minimum Gasteiger partial charge on any atom is -0.508 e. The predicted molar refractivity (Wildman–Crippen MR) is 128 cm³/mol. The lowest BCUT2D eigenvalue weighted by Crippen LogP contribution is -2.67. The average Bonchev–Trinajstić information content (AvgIpc) is 2.82.